The van der Waals surface area contributed by atoms with Crippen LogP contribution in [0.2, 0.25) is 0 Å². The van der Waals surface area contributed by atoms with Gasteiger partial charge in [0.15, 0.2) is 0 Å². The van der Waals surface area contributed by atoms with Crippen molar-refractivity contribution in [2.75, 3.05) is 26.7 Å². The van der Waals surface area contributed by atoms with Gasteiger partial charge in [0.25, 0.3) is 0 Å². The van der Waals surface area contributed by atoms with Gasteiger partial charge in [-0.2, -0.15) is 0 Å². The van der Waals surface area contributed by atoms with Gasteiger partial charge in [0.2, 0.25) is 0 Å². The fraction of sp³-hybridized carbons (Fsp3) is 1.00. The molecule has 1 saturated carbocycles. The molecule has 1 unspecified atom stereocenters. The van der Waals surface area contributed by atoms with Crippen molar-refractivity contribution in [2.24, 2.45) is 5.92 Å². The summed E-state index contributed by atoms with van der Waals surface area (Å²) < 4.78 is 0. The molecule has 0 aromatic heterocycles. The van der Waals surface area contributed by atoms with Crippen molar-refractivity contribution in [3.8, 4) is 0 Å². The second-order valence-corrected chi connectivity index (χ2v) is 5.52. The van der Waals surface area contributed by atoms with Crippen LogP contribution in [0.5, 0.6) is 0 Å². The van der Waals surface area contributed by atoms with Gasteiger partial charge in [0, 0.05) is 19.1 Å². The molecule has 1 heterocycles. The van der Waals surface area contributed by atoms with E-state index in [4.69, 9.17) is 0 Å². The van der Waals surface area contributed by atoms with Gasteiger partial charge >= 0.3 is 0 Å². The van der Waals surface area contributed by atoms with Crippen LogP contribution in [0.25, 0.3) is 0 Å². The summed E-state index contributed by atoms with van der Waals surface area (Å²) in [5.74, 6) is 1.01. The third-order valence-corrected chi connectivity index (χ3v) is 3.99. The summed E-state index contributed by atoms with van der Waals surface area (Å²) in [4.78, 5) is 2.55. The molecule has 0 aromatic carbocycles. The minimum Gasteiger partial charge on any atom is -0.313 e. The topological polar surface area (TPSA) is 15.3 Å². The first kappa shape index (κ1) is 11.4. The zero-order valence-corrected chi connectivity index (χ0v) is 10.2. The highest BCUT2D eigenvalue weighted by atomic mass is 15.1. The molecular formula is C13H26N2. The van der Waals surface area contributed by atoms with Crippen LogP contribution in [0.3, 0.4) is 0 Å². The summed E-state index contributed by atoms with van der Waals surface area (Å²) in [7, 11) is 2.30. The van der Waals surface area contributed by atoms with Crippen molar-refractivity contribution >= 4 is 0 Å². The fourth-order valence-electron chi connectivity index (χ4n) is 2.82. The molecule has 1 aliphatic carbocycles. The Kier molecular flexibility index (Phi) is 4.45. The maximum Gasteiger partial charge on any atom is 0.0194 e. The van der Waals surface area contributed by atoms with Crippen LogP contribution in [-0.2, 0) is 0 Å². The second kappa shape index (κ2) is 5.86. The number of likely N-dealkylation sites (N-methyl/N-ethyl adjacent to an activating group) is 1. The second-order valence-electron chi connectivity index (χ2n) is 5.52. The van der Waals surface area contributed by atoms with Crippen LogP contribution in [-0.4, -0.2) is 37.6 Å². The lowest BCUT2D eigenvalue weighted by atomic mass is 9.85. The quantitative estimate of drug-likeness (QED) is 0.765. The molecule has 0 amide bonds. The smallest absolute Gasteiger partial charge is 0.0194 e. The van der Waals surface area contributed by atoms with E-state index in [1.807, 2.05) is 0 Å². The number of rotatable bonds is 4. The van der Waals surface area contributed by atoms with Crippen LogP contribution in [0, 0.1) is 5.92 Å². The summed E-state index contributed by atoms with van der Waals surface area (Å²) >= 11 is 0. The number of hydrogen-bond acceptors (Lipinski definition) is 2. The Hall–Kier alpha value is -0.0800. The molecule has 2 heteroatoms. The SMILES string of the molecule is CN(CC1CCC1)CC1CCCCCN1. The first-order valence-corrected chi connectivity index (χ1v) is 6.76. The first-order valence-electron chi connectivity index (χ1n) is 6.76. The summed E-state index contributed by atoms with van der Waals surface area (Å²) in [5.41, 5.74) is 0. The summed E-state index contributed by atoms with van der Waals surface area (Å²) in [6, 6.07) is 0.762. The van der Waals surface area contributed by atoms with E-state index in [9.17, 15) is 0 Å². The molecule has 1 aliphatic heterocycles. The minimum atomic E-state index is 0.762. The van der Waals surface area contributed by atoms with E-state index in [0.717, 1.165) is 12.0 Å². The lowest BCUT2D eigenvalue weighted by Crippen LogP contribution is -2.41. The van der Waals surface area contributed by atoms with Crippen molar-refractivity contribution in [3.05, 3.63) is 0 Å². The number of hydrogen-bond donors (Lipinski definition) is 1. The van der Waals surface area contributed by atoms with E-state index in [-0.39, 0.29) is 0 Å². The van der Waals surface area contributed by atoms with Crippen molar-refractivity contribution in [1.82, 2.24) is 10.2 Å². The minimum absolute atomic E-state index is 0.762. The van der Waals surface area contributed by atoms with Crippen molar-refractivity contribution in [2.45, 2.75) is 51.0 Å². The predicted molar refractivity (Wildman–Crippen MR) is 65.1 cm³/mol. The van der Waals surface area contributed by atoms with Crippen molar-refractivity contribution < 1.29 is 0 Å². The Morgan fingerprint density at radius 2 is 1.87 bits per heavy atom. The maximum atomic E-state index is 3.68. The summed E-state index contributed by atoms with van der Waals surface area (Å²) in [5, 5.41) is 3.68. The maximum absolute atomic E-state index is 3.68. The van der Waals surface area contributed by atoms with E-state index in [0.29, 0.717) is 0 Å². The van der Waals surface area contributed by atoms with Gasteiger partial charge in [-0.05, 0) is 45.2 Å². The standard InChI is InChI=1S/C13H26N2/c1-15(10-12-6-5-7-12)11-13-8-3-2-4-9-14-13/h12-14H,2-11H2,1H3. The van der Waals surface area contributed by atoms with Gasteiger partial charge < -0.3 is 10.2 Å². The molecule has 1 saturated heterocycles. The molecule has 2 nitrogen and oxygen atoms in total. The third kappa shape index (κ3) is 3.76. The lowest BCUT2D eigenvalue weighted by molar-refractivity contribution is 0.190. The zero-order valence-electron chi connectivity index (χ0n) is 10.2. The van der Waals surface area contributed by atoms with E-state index < -0.39 is 0 Å². The number of nitrogens with one attached hydrogen (secondary N) is 1. The van der Waals surface area contributed by atoms with E-state index >= 15 is 0 Å². The van der Waals surface area contributed by atoms with Gasteiger partial charge in [-0.25, -0.2) is 0 Å². The molecule has 1 atom stereocenters. The highest BCUT2D eigenvalue weighted by molar-refractivity contribution is 4.77. The Morgan fingerprint density at radius 3 is 2.60 bits per heavy atom. The lowest BCUT2D eigenvalue weighted by Gasteiger charge is -2.32. The van der Waals surface area contributed by atoms with Crippen LogP contribution in [0.4, 0.5) is 0 Å². The molecule has 0 radical (unpaired) electrons. The molecule has 1 N–H and O–H groups in total. The zero-order chi connectivity index (χ0) is 10.5. The van der Waals surface area contributed by atoms with Crippen LogP contribution in [0.15, 0.2) is 0 Å². The van der Waals surface area contributed by atoms with Crippen molar-refractivity contribution in [1.29, 1.82) is 0 Å². The Labute approximate surface area is 94.4 Å². The summed E-state index contributed by atoms with van der Waals surface area (Å²) in [6.07, 6.45) is 10.0. The van der Waals surface area contributed by atoms with Gasteiger partial charge in [-0.3, -0.25) is 0 Å². The average Bonchev–Trinajstić information content (AvgIpc) is 2.40. The van der Waals surface area contributed by atoms with Gasteiger partial charge in [0.05, 0.1) is 0 Å². The third-order valence-electron chi connectivity index (χ3n) is 3.99. The molecule has 15 heavy (non-hydrogen) atoms. The fourth-order valence-corrected chi connectivity index (χ4v) is 2.82. The van der Waals surface area contributed by atoms with Gasteiger partial charge in [-0.1, -0.05) is 19.3 Å². The largest absolute Gasteiger partial charge is 0.313 e. The van der Waals surface area contributed by atoms with Crippen LogP contribution >= 0.6 is 0 Å². The molecule has 0 bridgehead atoms. The summed E-state index contributed by atoms with van der Waals surface area (Å²) in [6.45, 7) is 3.83. The Morgan fingerprint density at radius 1 is 1.00 bits per heavy atom. The molecule has 0 aromatic rings. The van der Waals surface area contributed by atoms with Crippen LogP contribution in [0.1, 0.15) is 44.9 Å². The highest BCUT2D eigenvalue weighted by Crippen LogP contribution is 2.26. The van der Waals surface area contributed by atoms with Gasteiger partial charge in [0.1, 0.15) is 0 Å². The Balaban J connectivity index is 1.64. The van der Waals surface area contributed by atoms with E-state index in [1.54, 1.807) is 0 Å². The molecule has 2 fully saturated rings. The first-order chi connectivity index (χ1) is 7.34. The molecule has 0 spiro atoms. The van der Waals surface area contributed by atoms with Crippen LogP contribution < -0.4 is 5.32 Å². The van der Waals surface area contributed by atoms with Crippen molar-refractivity contribution in [3.63, 3.8) is 0 Å². The number of nitrogens with zero attached hydrogens (tertiary/aromatic N) is 1. The van der Waals surface area contributed by atoms with E-state index in [2.05, 4.69) is 17.3 Å². The Bertz CT molecular complexity index is 169. The monoisotopic (exact) mass is 210 g/mol. The average molecular weight is 210 g/mol. The molecule has 2 rings (SSSR count). The van der Waals surface area contributed by atoms with Gasteiger partial charge in [-0.15, -0.1) is 0 Å². The predicted octanol–water partition coefficient (Wildman–Crippen LogP) is 2.25. The van der Waals surface area contributed by atoms with E-state index in [1.165, 1.54) is 64.6 Å². The molecule has 88 valence electrons. The highest BCUT2D eigenvalue weighted by Gasteiger charge is 2.20. The molecular weight excluding hydrogens is 184 g/mol. The molecule has 2 aliphatic rings. The normalized spacial score (nSPS) is 28.8.